The number of aryl methyl sites for hydroxylation is 1. The van der Waals surface area contributed by atoms with Gasteiger partial charge >= 0.3 is 0 Å². The van der Waals surface area contributed by atoms with E-state index in [0.29, 0.717) is 18.2 Å². The Hall–Kier alpha value is -1.84. The highest BCUT2D eigenvalue weighted by Gasteiger charge is 2.15. The van der Waals surface area contributed by atoms with Crippen LogP contribution in [0.4, 0.5) is 10.1 Å². The van der Waals surface area contributed by atoms with Gasteiger partial charge in [-0.1, -0.05) is 25.3 Å². The van der Waals surface area contributed by atoms with Gasteiger partial charge in [0.1, 0.15) is 5.82 Å². The van der Waals surface area contributed by atoms with Gasteiger partial charge in [-0.2, -0.15) is 5.10 Å². The summed E-state index contributed by atoms with van der Waals surface area (Å²) in [7, 11) is 0. The fourth-order valence-electron chi connectivity index (χ4n) is 2.92. The summed E-state index contributed by atoms with van der Waals surface area (Å²) in [6.07, 6.45) is 8.50. The van der Waals surface area contributed by atoms with Crippen molar-refractivity contribution >= 4 is 5.69 Å². The molecule has 0 amide bonds. The van der Waals surface area contributed by atoms with Crippen LogP contribution >= 0.6 is 0 Å². The monoisotopic (exact) mass is 287 g/mol. The third kappa shape index (κ3) is 3.43. The van der Waals surface area contributed by atoms with E-state index >= 15 is 0 Å². The fraction of sp³-hybridized carbons (Fsp3) is 0.471. The lowest BCUT2D eigenvalue weighted by molar-refractivity contribution is 0.328. The van der Waals surface area contributed by atoms with E-state index in [0.717, 1.165) is 11.4 Å². The molecular formula is C17H22FN3. The van der Waals surface area contributed by atoms with E-state index in [1.807, 2.05) is 12.1 Å². The first kappa shape index (κ1) is 14.1. The predicted molar refractivity (Wildman–Crippen MR) is 82.8 cm³/mol. The van der Waals surface area contributed by atoms with Gasteiger partial charge in [0, 0.05) is 11.9 Å². The molecule has 1 saturated carbocycles. The first-order valence-electron chi connectivity index (χ1n) is 7.76. The summed E-state index contributed by atoms with van der Waals surface area (Å²) in [5, 5.41) is 7.88. The Morgan fingerprint density at radius 3 is 2.81 bits per heavy atom. The fourth-order valence-corrected chi connectivity index (χ4v) is 2.92. The number of aromatic nitrogens is 2. The van der Waals surface area contributed by atoms with Crippen molar-refractivity contribution in [1.29, 1.82) is 0 Å². The number of hydrogen-bond donors (Lipinski definition) is 1. The first-order valence-corrected chi connectivity index (χ1v) is 7.76. The van der Waals surface area contributed by atoms with Gasteiger partial charge in [-0.3, -0.25) is 4.68 Å². The molecule has 1 aliphatic rings. The van der Waals surface area contributed by atoms with E-state index in [9.17, 15) is 4.39 Å². The molecule has 0 unspecified atom stereocenters. The molecule has 21 heavy (non-hydrogen) atoms. The molecule has 0 atom stereocenters. The van der Waals surface area contributed by atoms with Crippen LogP contribution in [0.1, 0.15) is 49.4 Å². The molecule has 1 N–H and O–H groups in total. The average Bonchev–Trinajstić information content (AvgIpc) is 2.98. The van der Waals surface area contributed by atoms with Crippen molar-refractivity contribution in [1.82, 2.24) is 9.78 Å². The highest BCUT2D eigenvalue weighted by molar-refractivity contribution is 5.45. The Labute approximate surface area is 125 Å². The Balaban J connectivity index is 1.60. The molecule has 1 aliphatic carbocycles. The Morgan fingerprint density at radius 2 is 2.05 bits per heavy atom. The third-order valence-corrected chi connectivity index (χ3v) is 4.26. The lowest BCUT2D eigenvalue weighted by atomic mass is 9.96. The minimum absolute atomic E-state index is 0.173. The zero-order chi connectivity index (χ0) is 14.7. The van der Waals surface area contributed by atoms with E-state index < -0.39 is 0 Å². The summed E-state index contributed by atoms with van der Waals surface area (Å²) in [4.78, 5) is 0. The van der Waals surface area contributed by atoms with Crippen molar-refractivity contribution in [3.05, 3.63) is 47.5 Å². The van der Waals surface area contributed by atoms with Crippen LogP contribution in [0.15, 0.2) is 30.5 Å². The maximum Gasteiger partial charge on any atom is 0.128 e. The number of hydrogen-bond acceptors (Lipinski definition) is 2. The molecule has 0 spiro atoms. The lowest BCUT2D eigenvalue weighted by Crippen LogP contribution is -2.13. The van der Waals surface area contributed by atoms with Crippen LogP contribution in [0.3, 0.4) is 0 Å². The van der Waals surface area contributed by atoms with Crippen LogP contribution in [0, 0.1) is 12.7 Å². The van der Waals surface area contributed by atoms with Gasteiger partial charge in [0.15, 0.2) is 0 Å². The molecule has 1 aromatic carbocycles. The van der Waals surface area contributed by atoms with Crippen molar-refractivity contribution in [3.8, 4) is 0 Å². The molecule has 2 aromatic rings. The second-order valence-electron chi connectivity index (χ2n) is 5.90. The quantitative estimate of drug-likeness (QED) is 0.900. The molecule has 3 nitrogen and oxygen atoms in total. The molecule has 1 fully saturated rings. The summed E-state index contributed by atoms with van der Waals surface area (Å²) in [5.41, 5.74) is 2.47. The van der Waals surface area contributed by atoms with Crippen LogP contribution in [0.25, 0.3) is 0 Å². The summed E-state index contributed by atoms with van der Waals surface area (Å²) < 4.78 is 15.6. The van der Waals surface area contributed by atoms with Gasteiger partial charge in [-0.05, 0) is 43.5 Å². The second kappa shape index (κ2) is 6.29. The van der Waals surface area contributed by atoms with Gasteiger partial charge in [-0.15, -0.1) is 0 Å². The highest BCUT2D eigenvalue weighted by atomic mass is 19.1. The molecule has 3 rings (SSSR count). The van der Waals surface area contributed by atoms with Gasteiger partial charge in [0.2, 0.25) is 0 Å². The van der Waals surface area contributed by atoms with Crippen LogP contribution < -0.4 is 5.32 Å². The van der Waals surface area contributed by atoms with Crippen molar-refractivity contribution in [3.63, 3.8) is 0 Å². The Morgan fingerprint density at radius 1 is 1.24 bits per heavy atom. The molecule has 0 radical (unpaired) electrons. The third-order valence-electron chi connectivity index (χ3n) is 4.26. The van der Waals surface area contributed by atoms with Crippen molar-refractivity contribution in [2.24, 2.45) is 0 Å². The normalized spacial score (nSPS) is 16.1. The van der Waals surface area contributed by atoms with Crippen LogP contribution in [-0.2, 0) is 6.54 Å². The van der Waals surface area contributed by atoms with E-state index in [4.69, 9.17) is 0 Å². The molecule has 0 aliphatic heterocycles. The molecule has 0 bridgehead atoms. The summed E-state index contributed by atoms with van der Waals surface area (Å²) in [6, 6.07) is 7.83. The van der Waals surface area contributed by atoms with E-state index in [1.165, 1.54) is 38.2 Å². The average molecular weight is 287 g/mol. The number of benzene rings is 1. The van der Waals surface area contributed by atoms with Crippen molar-refractivity contribution < 1.29 is 4.39 Å². The number of halogens is 1. The van der Waals surface area contributed by atoms with E-state index in [2.05, 4.69) is 21.3 Å². The van der Waals surface area contributed by atoms with Crippen LogP contribution in [0.5, 0.6) is 0 Å². The number of anilines is 1. The molecule has 112 valence electrons. The number of nitrogens with zero attached hydrogens (tertiary/aromatic N) is 2. The zero-order valence-corrected chi connectivity index (χ0v) is 12.5. The topological polar surface area (TPSA) is 29.9 Å². The van der Waals surface area contributed by atoms with Gasteiger partial charge in [-0.25, -0.2) is 4.39 Å². The molecule has 1 aromatic heterocycles. The maximum atomic E-state index is 13.5. The molecule has 0 saturated heterocycles. The standard InChI is InChI=1S/C17H22FN3/c1-13-7-8-14(11-17(13)18)19-12-15-9-10-21(20-15)16-5-3-2-4-6-16/h7-11,16,19H,2-6,12H2,1H3. The zero-order valence-electron chi connectivity index (χ0n) is 12.5. The minimum Gasteiger partial charge on any atom is -0.379 e. The van der Waals surface area contributed by atoms with Crippen molar-refractivity contribution in [2.45, 2.75) is 51.6 Å². The number of nitrogens with one attached hydrogen (secondary N) is 1. The highest BCUT2D eigenvalue weighted by Crippen LogP contribution is 2.27. The minimum atomic E-state index is -0.173. The van der Waals surface area contributed by atoms with E-state index in [1.54, 1.807) is 13.0 Å². The molecule has 4 heteroatoms. The second-order valence-corrected chi connectivity index (χ2v) is 5.90. The SMILES string of the molecule is Cc1ccc(NCc2ccn(C3CCCCC3)n2)cc1F. The Kier molecular flexibility index (Phi) is 4.23. The summed E-state index contributed by atoms with van der Waals surface area (Å²) in [5.74, 6) is -0.173. The maximum absolute atomic E-state index is 13.5. The van der Waals surface area contributed by atoms with E-state index in [-0.39, 0.29) is 5.82 Å². The first-order chi connectivity index (χ1) is 10.2. The molecular weight excluding hydrogens is 265 g/mol. The molecule has 1 heterocycles. The largest absolute Gasteiger partial charge is 0.379 e. The lowest BCUT2D eigenvalue weighted by Gasteiger charge is -2.21. The predicted octanol–water partition coefficient (Wildman–Crippen LogP) is 4.45. The summed E-state index contributed by atoms with van der Waals surface area (Å²) in [6.45, 7) is 2.40. The smallest absolute Gasteiger partial charge is 0.128 e. The van der Waals surface area contributed by atoms with Gasteiger partial charge in [0.05, 0.1) is 18.3 Å². The van der Waals surface area contributed by atoms with Crippen LogP contribution in [0.2, 0.25) is 0 Å². The van der Waals surface area contributed by atoms with Gasteiger partial charge < -0.3 is 5.32 Å². The summed E-state index contributed by atoms with van der Waals surface area (Å²) >= 11 is 0. The van der Waals surface area contributed by atoms with Crippen LogP contribution in [-0.4, -0.2) is 9.78 Å². The number of rotatable bonds is 4. The van der Waals surface area contributed by atoms with Gasteiger partial charge in [0.25, 0.3) is 0 Å². The van der Waals surface area contributed by atoms with Crippen molar-refractivity contribution in [2.75, 3.05) is 5.32 Å². The Bertz CT molecular complexity index is 600.